The summed E-state index contributed by atoms with van der Waals surface area (Å²) in [5.41, 5.74) is 1.49. The van der Waals surface area contributed by atoms with Crippen molar-refractivity contribution < 1.29 is 0 Å². The average molecular weight is 367 g/mol. The molecular formula is C24H51Al. The highest BCUT2D eigenvalue weighted by Crippen LogP contribution is 2.41. The van der Waals surface area contributed by atoms with E-state index in [2.05, 4.69) is 83.1 Å². The highest BCUT2D eigenvalue weighted by Gasteiger charge is 2.36. The van der Waals surface area contributed by atoms with Crippen molar-refractivity contribution in [2.24, 2.45) is 34.0 Å². The minimum atomic E-state index is -0.749. The van der Waals surface area contributed by atoms with Gasteiger partial charge in [-0.15, -0.1) is 0 Å². The SMILES string of the molecule is CCC(C)(C)C(C)[CH2][Al]([CH2]C(C)C(C)(C)CC)[CH2]C(C)C(C)(C)CC. The molecule has 0 aliphatic rings. The van der Waals surface area contributed by atoms with Crippen LogP contribution in [0.3, 0.4) is 0 Å². The van der Waals surface area contributed by atoms with Crippen molar-refractivity contribution in [3.63, 3.8) is 0 Å². The third kappa shape index (κ3) is 7.97. The molecule has 1 heteroatoms. The zero-order valence-corrected chi connectivity index (χ0v) is 21.2. The fraction of sp³-hybridized carbons (Fsp3) is 1.00. The number of hydrogen-bond acceptors (Lipinski definition) is 0. The first kappa shape index (κ1) is 25.5. The van der Waals surface area contributed by atoms with Crippen molar-refractivity contribution in [1.29, 1.82) is 0 Å². The first-order chi connectivity index (χ1) is 11.2. The summed E-state index contributed by atoms with van der Waals surface area (Å²) in [7, 11) is 0. The van der Waals surface area contributed by atoms with Crippen LogP contribution in [0.25, 0.3) is 0 Å². The summed E-state index contributed by atoms with van der Waals surface area (Å²) in [4.78, 5) is 0. The zero-order valence-electron chi connectivity index (χ0n) is 20.1. The summed E-state index contributed by atoms with van der Waals surface area (Å²) in [6, 6.07) is 0. The standard InChI is InChI=1S/3C8H17.Al/c3*1-6-8(4,5)7(2)3;/h3*7H,2,6H2,1,3-5H3;. The molecule has 0 nitrogen and oxygen atoms in total. The molecule has 0 aromatic heterocycles. The Bertz CT molecular complexity index is 309. The first-order valence-electron chi connectivity index (χ1n) is 11.2. The molecule has 0 bridgehead atoms. The lowest BCUT2D eigenvalue weighted by Gasteiger charge is -2.38. The van der Waals surface area contributed by atoms with Crippen LogP contribution in [0.1, 0.15) is 102 Å². The topological polar surface area (TPSA) is 0 Å². The molecule has 0 fully saturated rings. The Morgan fingerprint density at radius 3 is 0.880 bits per heavy atom. The van der Waals surface area contributed by atoms with Gasteiger partial charge in [-0.2, -0.15) is 0 Å². The molecule has 0 amide bonds. The lowest BCUT2D eigenvalue weighted by Crippen LogP contribution is -2.34. The maximum atomic E-state index is 2.54. The lowest BCUT2D eigenvalue weighted by atomic mass is 9.78. The van der Waals surface area contributed by atoms with Gasteiger partial charge >= 0.3 is 0 Å². The predicted octanol–water partition coefficient (Wildman–Crippen LogP) is 8.70. The van der Waals surface area contributed by atoms with E-state index in [0.29, 0.717) is 16.2 Å². The minimum absolute atomic E-state index is 0.498. The second kappa shape index (κ2) is 10.2. The van der Waals surface area contributed by atoms with Crippen molar-refractivity contribution in [2.75, 3.05) is 0 Å². The van der Waals surface area contributed by atoms with Gasteiger partial charge in [0.25, 0.3) is 14.1 Å². The molecule has 25 heavy (non-hydrogen) atoms. The maximum Gasteiger partial charge on any atom is 0.262 e. The van der Waals surface area contributed by atoms with Crippen molar-refractivity contribution in [3.8, 4) is 0 Å². The van der Waals surface area contributed by atoms with Gasteiger partial charge in [0.05, 0.1) is 0 Å². The van der Waals surface area contributed by atoms with E-state index in [1.807, 2.05) is 0 Å². The monoisotopic (exact) mass is 366 g/mol. The smallest absolute Gasteiger partial charge is 0.0908 e. The molecule has 0 aromatic carbocycles. The summed E-state index contributed by atoms with van der Waals surface area (Å²) in [6.45, 7) is 29.7. The average Bonchev–Trinajstić information content (AvgIpc) is 2.54. The lowest BCUT2D eigenvalue weighted by molar-refractivity contribution is 0.221. The van der Waals surface area contributed by atoms with Crippen LogP contribution in [-0.4, -0.2) is 14.1 Å². The normalized spacial score (nSPS) is 17.3. The van der Waals surface area contributed by atoms with Gasteiger partial charge in [0.15, 0.2) is 0 Å². The van der Waals surface area contributed by atoms with E-state index in [0.717, 1.165) is 17.8 Å². The number of rotatable bonds is 12. The summed E-state index contributed by atoms with van der Waals surface area (Å²) in [5.74, 6) is 2.59. The van der Waals surface area contributed by atoms with Gasteiger partial charge < -0.3 is 0 Å². The van der Waals surface area contributed by atoms with Crippen LogP contribution in [0.5, 0.6) is 0 Å². The second-order valence-electron chi connectivity index (χ2n) is 11.3. The van der Waals surface area contributed by atoms with Crippen molar-refractivity contribution in [2.45, 2.75) is 118 Å². The van der Waals surface area contributed by atoms with Gasteiger partial charge in [-0.1, -0.05) is 136 Å². The van der Waals surface area contributed by atoms with E-state index in [4.69, 9.17) is 0 Å². The molecule has 3 unspecified atom stereocenters. The van der Waals surface area contributed by atoms with E-state index >= 15 is 0 Å². The van der Waals surface area contributed by atoms with Crippen molar-refractivity contribution in [3.05, 3.63) is 0 Å². The first-order valence-corrected chi connectivity index (χ1v) is 13.7. The van der Waals surface area contributed by atoms with Crippen LogP contribution in [0.2, 0.25) is 15.8 Å². The fourth-order valence-corrected chi connectivity index (χ4v) is 9.28. The Kier molecular flexibility index (Phi) is 10.4. The van der Waals surface area contributed by atoms with Crippen LogP contribution >= 0.6 is 0 Å². The Morgan fingerprint density at radius 1 is 0.520 bits per heavy atom. The Balaban J connectivity index is 5.24. The molecule has 0 heterocycles. The third-order valence-electron chi connectivity index (χ3n) is 8.80. The van der Waals surface area contributed by atoms with Crippen LogP contribution in [0.15, 0.2) is 0 Å². The van der Waals surface area contributed by atoms with E-state index < -0.39 is 14.1 Å². The van der Waals surface area contributed by atoms with Gasteiger partial charge in [0, 0.05) is 0 Å². The van der Waals surface area contributed by atoms with Crippen LogP contribution in [-0.2, 0) is 0 Å². The quantitative estimate of drug-likeness (QED) is 0.303. The highest BCUT2D eigenvalue weighted by atomic mass is 27.2. The fourth-order valence-electron chi connectivity index (χ4n) is 3.79. The van der Waals surface area contributed by atoms with Crippen molar-refractivity contribution in [1.82, 2.24) is 0 Å². The molecule has 150 valence electrons. The van der Waals surface area contributed by atoms with Crippen molar-refractivity contribution >= 4 is 14.1 Å². The van der Waals surface area contributed by atoms with Gasteiger partial charge in [0.2, 0.25) is 0 Å². The highest BCUT2D eigenvalue weighted by molar-refractivity contribution is 6.59. The second-order valence-corrected chi connectivity index (χ2v) is 14.4. The molecule has 0 spiro atoms. The Morgan fingerprint density at radius 2 is 0.720 bits per heavy atom. The van der Waals surface area contributed by atoms with Crippen LogP contribution < -0.4 is 0 Å². The van der Waals surface area contributed by atoms with E-state index in [9.17, 15) is 0 Å². The summed E-state index contributed by atoms with van der Waals surface area (Å²) < 4.78 is 0. The van der Waals surface area contributed by atoms with Crippen LogP contribution in [0, 0.1) is 34.0 Å². The predicted molar refractivity (Wildman–Crippen MR) is 120 cm³/mol. The van der Waals surface area contributed by atoms with E-state index in [1.165, 1.54) is 35.1 Å². The van der Waals surface area contributed by atoms with Crippen LogP contribution in [0.4, 0.5) is 0 Å². The Hall–Kier alpha value is 0.532. The molecule has 0 saturated heterocycles. The summed E-state index contributed by atoms with van der Waals surface area (Å²) in [5, 5.41) is 4.61. The van der Waals surface area contributed by atoms with E-state index in [1.54, 1.807) is 0 Å². The minimum Gasteiger partial charge on any atom is -0.0908 e. The summed E-state index contributed by atoms with van der Waals surface area (Å²) in [6.07, 6.45) is 3.92. The van der Waals surface area contributed by atoms with Gasteiger partial charge in [0.1, 0.15) is 0 Å². The third-order valence-corrected chi connectivity index (χ3v) is 12.9. The number of hydrogen-bond donors (Lipinski definition) is 0. The van der Waals surface area contributed by atoms with Gasteiger partial charge in [-0.3, -0.25) is 0 Å². The largest absolute Gasteiger partial charge is 0.262 e. The molecular weight excluding hydrogens is 315 g/mol. The van der Waals surface area contributed by atoms with Gasteiger partial charge in [-0.05, 0) is 16.2 Å². The van der Waals surface area contributed by atoms with Gasteiger partial charge in [-0.25, -0.2) is 0 Å². The summed E-state index contributed by atoms with van der Waals surface area (Å²) >= 11 is -0.749. The van der Waals surface area contributed by atoms with E-state index in [-0.39, 0.29) is 0 Å². The molecule has 3 atom stereocenters. The Labute approximate surface area is 166 Å². The molecule has 0 aromatic rings. The molecule has 0 radical (unpaired) electrons. The molecule has 0 rings (SSSR count). The molecule has 0 N–H and O–H groups in total. The maximum absolute atomic E-state index is 2.54. The molecule has 0 aliphatic heterocycles. The zero-order chi connectivity index (χ0) is 20.1. The molecule has 0 saturated carbocycles. The molecule has 0 aliphatic carbocycles.